The predicted molar refractivity (Wildman–Crippen MR) is 77.9 cm³/mol. The van der Waals surface area contributed by atoms with E-state index in [0.29, 0.717) is 12.8 Å². The number of hydrogen-bond acceptors (Lipinski definition) is 6. The molecule has 0 radical (unpaired) electrons. The van der Waals surface area contributed by atoms with Gasteiger partial charge in [0.05, 0.1) is 13.0 Å². The summed E-state index contributed by atoms with van der Waals surface area (Å²) in [5, 5.41) is 0. The molecule has 0 saturated heterocycles. The fourth-order valence-corrected chi connectivity index (χ4v) is 2.92. The van der Waals surface area contributed by atoms with Gasteiger partial charge in [-0.25, -0.2) is 0 Å². The Balaban J connectivity index is 2.32. The zero-order valence-corrected chi connectivity index (χ0v) is 13.2. The fraction of sp³-hybridized carbons (Fsp3) is 0.750. The number of ketones is 1. The second-order valence-corrected chi connectivity index (χ2v) is 5.67. The van der Waals surface area contributed by atoms with Gasteiger partial charge in [-0.1, -0.05) is 19.3 Å². The highest BCUT2D eigenvalue weighted by molar-refractivity contribution is 5.88. The van der Waals surface area contributed by atoms with Crippen LogP contribution >= 0.6 is 0 Å². The van der Waals surface area contributed by atoms with Crippen molar-refractivity contribution in [2.75, 3.05) is 7.11 Å². The van der Waals surface area contributed by atoms with Crippen LogP contribution in [0.3, 0.4) is 0 Å². The van der Waals surface area contributed by atoms with E-state index in [1.54, 1.807) is 0 Å². The van der Waals surface area contributed by atoms with Crippen LogP contribution in [0.5, 0.6) is 0 Å². The maximum absolute atomic E-state index is 12.0. The lowest BCUT2D eigenvalue weighted by Gasteiger charge is -2.17. The highest BCUT2D eigenvalue weighted by Gasteiger charge is 2.43. The standard InChI is InChI=1S/C16H24O6/c1-11(18)22-15-9-14(19)12(13(15)10-17)7-5-3-4-6-8-16(20)21-2/h10,12-13,15H,3-9H2,1-2H3/t12-,13-,15-/m0/s1. The number of rotatable bonds is 9. The van der Waals surface area contributed by atoms with Gasteiger partial charge in [-0.15, -0.1) is 0 Å². The topological polar surface area (TPSA) is 86.7 Å². The second-order valence-electron chi connectivity index (χ2n) is 5.67. The van der Waals surface area contributed by atoms with E-state index >= 15 is 0 Å². The number of aldehydes is 1. The molecule has 6 heteroatoms. The summed E-state index contributed by atoms with van der Waals surface area (Å²) >= 11 is 0. The largest absolute Gasteiger partial charge is 0.469 e. The molecule has 0 spiro atoms. The van der Waals surface area contributed by atoms with Crippen molar-refractivity contribution in [3.05, 3.63) is 0 Å². The van der Waals surface area contributed by atoms with Crippen LogP contribution in [0.4, 0.5) is 0 Å². The van der Waals surface area contributed by atoms with E-state index in [4.69, 9.17) is 4.74 Å². The van der Waals surface area contributed by atoms with Crippen molar-refractivity contribution in [3.8, 4) is 0 Å². The minimum absolute atomic E-state index is 0.00193. The van der Waals surface area contributed by atoms with Gasteiger partial charge in [-0.2, -0.15) is 0 Å². The third-order valence-corrected chi connectivity index (χ3v) is 4.06. The third kappa shape index (κ3) is 5.58. The van der Waals surface area contributed by atoms with Crippen LogP contribution in [-0.4, -0.2) is 37.2 Å². The van der Waals surface area contributed by atoms with Gasteiger partial charge in [0, 0.05) is 25.7 Å². The van der Waals surface area contributed by atoms with Crippen molar-refractivity contribution < 1.29 is 28.7 Å². The molecule has 0 heterocycles. The first kappa shape index (κ1) is 18.3. The number of carbonyl (C=O) groups excluding carboxylic acids is 4. The molecule has 0 amide bonds. The number of methoxy groups -OCH3 is 1. The minimum Gasteiger partial charge on any atom is -0.469 e. The average Bonchev–Trinajstić information content (AvgIpc) is 2.76. The normalized spacial score (nSPS) is 24.1. The Hall–Kier alpha value is -1.72. The molecule has 0 N–H and O–H groups in total. The highest BCUT2D eigenvalue weighted by Crippen LogP contribution is 2.33. The lowest BCUT2D eigenvalue weighted by molar-refractivity contribution is -0.149. The first-order valence-corrected chi connectivity index (χ1v) is 7.71. The lowest BCUT2D eigenvalue weighted by Crippen LogP contribution is -2.26. The van der Waals surface area contributed by atoms with Crippen LogP contribution in [0.2, 0.25) is 0 Å². The van der Waals surface area contributed by atoms with E-state index in [2.05, 4.69) is 4.74 Å². The van der Waals surface area contributed by atoms with Crippen molar-refractivity contribution >= 4 is 24.0 Å². The number of hydrogen-bond donors (Lipinski definition) is 0. The number of esters is 2. The Morgan fingerprint density at radius 3 is 2.50 bits per heavy atom. The molecule has 0 aromatic heterocycles. The van der Waals surface area contributed by atoms with Gasteiger partial charge in [0.2, 0.25) is 0 Å². The molecular formula is C16H24O6. The molecule has 1 aliphatic rings. The summed E-state index contributed by atoms with van der Waals surface area (Å²) in [6, 6.07) is 0. The molecule has 6 nitrogen and oxygen atoms in total. The molecular weight excluding hydrogens is 288 g/mol. The monoisotopic (exact) mass is 312 g/mol. The molecule has 124 valence electrons. The SMILES string of the molecule is COC(=O)CCCCCC[C@@H]1C(=O)C[C@H](OC(C)=O)[C@H]1C=O. The summed E-state index contributed by atoms with van der Waals surface area (Å²) < 4.78 is 9.62. The van der Waals surface area contributed by atoms with Crippen molar-refractivity contribution in [1.29, 1.82) is 0 Å². The quantitative estimate of drug-likeness (QED) is 0.367. The minimum atomic E-state index is -0.605. The van der Waals surface area contributed by atoms with E-state index in [1.165, 1.54) is 14.0 Å². The van der Waals surface area contributed by atoms with E-state index in [-0.39, 0.29) is 24.1 Å². The Labute approximate surface area is 130 Å². The van der Waals surface area contributed by atoms with Crippen LogP contribution < -0.4 is 0 Å². The van der Waals surface area contributed by atoms with Crippen LogP contribution in [0.15, 0.2) is 0 Å². The van der Waals surface area contributed by atoms with Gasteiger partial charge in [-0.3, -0.25) is 14.4 Å². The van der Waals surface area contributed by atoms with E-state index in [1.807, 2.05) is 0 Å². The molecule has 0 unspecified atom stereocenters. The zero-order valence-electron chi connectivity index (χ0n) is 13.2. The number of ether oxygens (including phenoxy) is 2. The molecule has 0 aromatic carbocycles. The first-order valence-electron chi connectivity index (χ1n) is 7.71. The van der Waals surface area contributed by atoms with Gasteiger partial charge in [-0.05, 0) is 12.8 Å². The molecule has 0 aromatic rings. The lowest BCUT2D eigenvalue weighted by atomic mass is 9.90. The van der Waals surface area contributed by atoms with Crippen molar-refractivity contribution in [2.24, 2.45) is 11.8 Å². The molecule has 1 saturated carbocycles. The van der Waals surface area contributed by atoms with Crippen LogP contribution in [0.25, 0.3) is 0 Å². The van der Waals surface area contributed by atoms with E-state index in [0.717, 1.165) is 32.0 Å². The molecule has 1 aliphatic carbocycles. The maximum atomic E-state index is 12.0. The smallest absolute Gasteiger partial charge is 0.305 e. The maximum Gasteiger partial charge on any atom is 0.305 e. The molecule has 3 atom stereocenters. The summed E-state index contributed by atoms with van der Waals surface area (Å²) in [6.07, 6.45) is 4.65. The van der Waals surface area contributed by atoms with E-state index < -0.39 is 18.0 Å². The summed E-state index contributed by atoms with van der Waals surface area (Å²) in [5.41, 5.74) is 0. The van der Waals surface area contributed by atoms with Crippen LogP contribution in [0.1, 0.15) is 51.9 Å². The summed E-state index contributed by atoms with van der Waals surface area (Å²) in [7, 11) is 1.37. The molecule has 22 heavy (non-hydrogen) atoms. The van der Waals surface area contributed by atoms with Gasteiger partial charge in [0.25, 0.3) is 0 Å². The second kappa shape index (κ2) is 9.33. The number of Topliss-reactive ketones (excluding diaryl/α,β-unsaturated/α-hetero) is 1. The molecule has 1 rings (SSSR count). The van der Waals surface area contributed by atoms with Crippen molar-refractivity contribution in [1.82, 2.24) is 0 Å². The van der Waals surface area contributed by atoms with Crippen LogP contribution in [0, 0.1) is 11.8 Å². The Morgan fingerprint density at radius 1 is 1.23 bits per heavy atom. The fourth-order valence-electron chi connectivity index (χ4n) is 2.92. The zero-order chi connectivity index (χ0) is 16.5. The average molecular weight is 312 g/mol. The van der Waals surface area contributed by atoms with Gasteiger partial charge in [0.15, 0.2) is 0 Å². The summed E-state index contributed by atoms with van der Waals surface area (Å²) in [4.78, 5) is 45.1. The van der Waals surface area contributed by atoms with Crippen molar-refractivity contribution in [3.63, 3.8) is 0 Å². The first-order chi connectivity index (χ1) is 10.5. The van der Waals surface area contributed by atoms with Gasteiger partial charge in [0.1, 0.15) is 18.2 Å². The predicted octanol–water partition coefficient (Wildman–Crippen LogP) is 1.84. The molecule has 0 aliphatic heterocycles. The van der Waals surface area contributed by atoms with Crippen molar-refractivity contribution in [2.45, 2.75) is 58.0 Å². The van der Waals surface area contributed by atoms with Gasteiger partial charge >= 0.3 is 11.9 Å². The Morgan fingerprint density at radius 2 is 1.91 bits per heavy atom. The summed E-state index contributed by atoms with van der Waals surface area (Å²) in [5.74, 6) is -1.55. The van der Waals surface area contributed by atoms with E-state index in [9.17, 15) is 19.2 Å². The highest BCUT2D eigenvalue weighted by atomic mass is 16.5. The Bertz CT molecular complexity index is 417. The number of unbranched alkanes of at least 4 members (excludes halogenated alkanes) is 3. The third-order valence-electron chi connectivity index (χ3n) is 4.06. The number of carbonyl (C=O) groups is 4. The summed E-state index contributed by atoms with van der Waals surface area (Å²) in [6.45, 7) is 1.28. The van der Waals surface area contributed by atoms with Crippen LogP contribution in [-0.2, 0) is 28.7 Å². The molecule has 1 fully saturated rings. The molecule has 0 bridgehead atoms. The van der Waals surface area contributed by atoms with Gasteiger partial charge < -0.3 is 14.3 Å². The Kier molecular flexibility index (Phi) is 7.77.